The van der Waals surface area contributed by atoms with E-state index in [0.717, 1.165) is 25.7 Å². The molecule has 0 saturated heterocycles. The molecule has 0 aromatic heterocycles. The van der Waals surface area contributed by atoms with Crippen molar-refractivity contribution in [2.75, 3.05) is 12.8 Å². The van der Waals surface area contributed by atoms with Crippen molar-refractivity contribution in [3.8, 4) is 0 Å². The fraction of sp³-hybridized carbons (Fsp3) is 1.00. The van der Waals surface area contributed by atoms with Crippen LogP contribution in [0.1, 0.15) is 32.1 Å². The summed E-state index contributed by atoms with van der Waals surface area (Å²) in [4.78, 5) is 27.8. The van der Waals surface area contributed by atoms with E-state index in [1.54, 1.807) is 0 Å². The molecular weight excluding hydrogens is 175 g/mol. The van der Waals surface area contributed by atoms with E-state index >= 15 is 0 Å². The van der Waals surface area contributed by atoms with E-state index in [2.05, 4.69) is 0 Å². The van der Waals surface area contributed by atoms with Crippen LogP contribution in [-0.2, 0) is 0 Å². The minimum atomic E-state index is -4.20. The topological polar surface area (TPSA) is 60.7 Å². The van der Waals surface area contributed by atoms with Crippen LogP contribution in [0, 0.1) is 5.92 Å². The molecule has 0 bridgehead atoms. The second kappa shape index (κ2) is 3.22. The van der Waals surface area contributed by atoms with Gasteiger partial charge in [0.2, 0.25) is 0 Å². The summed E-state index contributed by atoms with van der Waals surface area (Å²) in [7, 11) is -4.20. The van der Waals surface area contributed by atoms with Gasteiger partial charge in [0.05, 0.1) is 0 Å². The summed E-state index contributed by atoms with van der Waals surface area (Å²) in [6.07, 6.45) is 5.85. The van der Waals surface area contributed by atoms with Gasteiger partial charge in [-0.05, 0) is 0 Å². The Hall–Kier alpha value is 0.310. The number of rotatable bonds is 2. The molecule has 74 valence electrons. The van der Waals surface area contributed by atoms with Gasteiger partial charge in [-0.2, -0.15) is 0 Å². The van der Waals surface area contributed by atoms with Crippen molar-refractivity contribution in [1.82, 2.24) is 0 Å². The van der Waals surface area contributed by atoms with Crippen LogP contribution in [0.25, 0.3) is 0 Å². The van der Waals surface area contributed by atoms with Crippen molar-refractivity contribution in [3.05, 3.63) is 0 Å². The quantitative estimate of drug-likeness (QED) is 0.583. The molecule has 3 nitrogen and oxygen atoms in total. The van der Waals surface area contributed by atoms with E-state index in [0.29, 0.717) is 5.92 Å². The molecule has 1 aliphatic carbocycles. The fourth-order valence-corrected chi connectivity index (χ4v) is 3.55. The van der Waals surface area contributed by atoms with Crippen LogP contribution in [0.2, 0.25) is 0 Å². The second-order valence-corrected chi connectivity index (χ2v) is 7.88. The number of hydrogen-bond donors (Lipinski definition) is 3. The van der Waals surface area contributed by atoms with Crippen molar-refractivity contribution >= 4 is 7.28 Å². The van der Waals surface area contributed by atoms with Gasteiger partial charge >= 0.3 is 72.8 Å². The predicted molar refractivity (Wildman–Crippen MR) is 50.9 cm³/mol. The second-order valence-electron chi connectivity index (χ2n) is 4.30. The van der Waals surface area contributed by atoms with E-state index in [-0.39, 0.29) is 6.16 Å². The van der Waals surface area contributed by atoms with Gasteiger partial charge in [-0.3, -0.25) is 0 Å². The fourth-order valence-electron chi connectivity index (χ4n) is 1.97. The maximum atomic E-state index is 9.28. The van der Waals surface area contributed by atoms with E-state index in [9.17, 15) is 14.7 Å². The zero-order valence-corrected chi connectivity index (χ0v) is 8.50. The molecule has 0 heterocycles. The molecular formula is C8H19O3P. The molecule has 0 unspecified atom stereocenters. The summed E-state index contributed by atoms with van der Waals surface area (Å²) in [5.74, 6) is 0.321. The average molecular weight is 194 g/mol. The minimum absolute atomic E-state index is 0.200. The molecule has 1 rings (SSSR count). The van der Waals surface area contributed by atoms with Gasteiger partial charge in [-0.15, -0.1) is 0 Å². The first kappa shape index (κ1) is 10.4. The summed E-state index contributed by atoms with van der Waals surface area (Å²) < 4.78 is 0. The first-order chi connectivity index (χ1) is 5.33. The summed E-state index contributed by atoms with van der Waals surface area (Å²) in [5, 5.41) is 0. The molecule has 3 N–H and O–H groups in total. The van der Waals surface area contributed by atoms with Gasteiger partial charge in [0.25, 0.3) is 0 Å². The molecule has 0 amide bonds. The zero-order chi connectivity index (χ0) is 9.27. The third-order valence-electron chi connectivity index (χ3n) is 2.41. The molecule has 0 aromatic rings. The van der Waals surface area contributed by atoms with E-state index in [4.69, 9.17) is 0 Å². The molecule has 0 atom stereocenters. The SMILES string of the molecule is CP(O)(O)(O)CC1CCCCC1. The van der Waals surface area contributed by atoms with Crippen LogP contribution in [-0.4, -0.2) is 27.5 Å². The Balaban J connectivity index is 2.40. The van der Waals surface area contributed by atoms with Gasteiger partial charge < -0.3 is 0 Å². The molecule has 0 radical (unpaired) electrons. The Morgan fingerprint density at radius 3 is 2.00 bits per heavy atom. The summed E-state index contributed by atoms with van der Waals surface area (Å²) in [6, 6.07) is 0. The molecule has 1 aliphatic rings. The van der Waals surface area contributed by atoms with Crippen LogP contribution in [0.4, 0.5) is 0 Å². The van der Waals surface area contributed by atoms with Gasteiger partial charge in [0, 0.05) is 0 Å². The molecule has 0 aromatic carbocycles. The van der Waals surface area contributed by atoms with Crippen molar-refractivity contribution in [1.29, 1.82) is 0 Å². The van der Waals surface area contributed by atoms with Gasteiger partial charge in [-0.1, -0.05) is 0 Å². The molecule has 1 saturated carbocycles. The predicted octanol–water partition coefficient (Wildman–Crippen LogP) is 1.47. The Morgan fingerprint density at radius 2 is 1.58 bits per heavy atom. The van der Waals surface area contributed by atoms with Gasteiger partial charge in [-0.25, -0.2) is 0 Å². The average Bonchev–Trinajstić information content (AvgIpc) is 1.83. The van der Waals surface area contributed by atoms with Gasteiger partial charge in [0.15, 0.2) is 0 Å². The molecule has 1 fully saturated rings. The Bertz CT molecular complexity index is 146. The molecule has 0 aliphatic heterocycles. The third-order valence-corrected chi connectivity index (χ3v) is 3.78. The summed E-state index contributed by atoms with van der Waals surface area (Å²) in [6.45, 7) is 1.18. The summed E-state index contributed by atoms with van der Waals surface area (Å²) in [5.41, 5.74) is 0. The first-order valence-corrected chi connectivity index (χ1v) is 7.32. The van der Waals surface area contributed by atoms with Crippen molar-refractivity contribution in [2.24, 2.45) is 5.92 Å². The Morgan fingerprint density at radius 1 is 1.08 bits per heavy atom. The van der Waals surface area contributed by atoms with Crippen LogP contribution in [0.5, 0.6) is 0 Å². The maximum absolute atomic E-state index is 9.28. The Labute approximate surface area is 73.6 Å². The Kier molecular flexibility index (Phi) is 2.79. The molecule has 4 heteroatoms. The van der Waals surface area contributed by atoms with Crippen LogP contribution in [0.15, 0.2) is 0 Å². The normalized spacial score (nSPS) is 24.8. The van der Waals surface area contributed by atoms with E-state index in [1.807, 2.05) is 0 Å². The van der Waals surface area contributed by atoms with Crippen molar-refractivity contribution in [2.45, 2.75) is 32.1 Å². The van der Waals surface area contributed by atoms with Crippen molar-refractivity contribution < 1.29 is 14.7 Å². The monoisotopic (exact) mass is 194 g/mol. The van der Waals surface area contributed by atoms with Gasteiger partial charge in [0.1, 0.15) is 0 Å². The zero-order valence-electron chi connectivity index (χ0n) is 7.61. The standard InChI is InChI=1S/C8H19O3P/c1-12(9,10,11)7-8-5-3-2-4-6-8/h8-11H,2-7H2,1H3. The van der Waals surface area contributed by atoms with Crippen molar-refractivity contribution in [3.63, 3.8) is 0 Å². The van der Waals surface area contributed by atoms with E-state index in [1.165, 1.54) is 13.1 Å². The molecule has 0 spiro atoms. The van der Waals surface area contributed by atoms with E-state index < -0.39 is 7.28 Å². The van der Waals surface area contributed by atoms with Crippen LogP contribution in [0.3, 0.4) is 0 Å². The third kappa shape index (κ3) is 4.36. The van der Waals surface area contributed by atoms with Crippen LogP contribution < -0.4 is 0 Å². The number of hydrogen-bond acceptors (Lipinski definition) is 3. The summed E-state index contributed by atoms with van der Waals surface area (Å²) >= 11 is 0. The first-order valence-electron chi connectivity index (χ1n) is 4.59. The molecule has 12 heavy (non-hydrogen) atoms. The van der Waals surface area contributed by atoms with Crippen LogP contribution >= 0.6 is 7.28 Å².